The zero-order valence-electron chi connectivity index (χ0n) is 14.3. The Morgan fingerprint density at radius 1 is 1.19 bits per heavy atom. The minimum absolute atomic E-state index is 0.0389. The molecular weight excluding hydrogens is 385 g/mol. The highest BCUT2D eigenvalue weighted by Gasteiger charge is 2.36. The van der Waals surface area contributed by atoms with Gasteiger partial charge in [-0.15, -0.1) is 0 Å². The Bertz CT molecular complexity index is 1000. The third-order valence-corrected chi connectivity index (χ3v) is 4.76. The maximum absolute atomic E-state index is 13.0. The van der Waals surface area contributed by atoms with Crippen molar-refractivity contribution in [2.75, 3.05) is 5.32 Å². The molecule has 0 saturated carbocycles. The third-order valence-electron chi connectivity index (χ3n) is 4.17. The first-order valence-corrected chi connectivity index (χ1v) is 8.77. The van der Waals surface area contributed by atoms with Gasteiger partial charge in [0, 0.05) is 15.7 Å². The Hall–Kier alpha value is -2.94. The Labute approximate surface area is 166 Å². The van der Waals surface area contributed by atoms with Crippen LogP contribution >= 0.6 is 23.2 Å². The molecule has 136 valence electrons. The lowest BCUT2D eigenvalue weighted by Crippen LogP contribution is -2.28. The van der Waals surface area contributed by atoms with Gasteiger partial charge in [0.25, 0.3) is 5.91 Å². The van der Waals surface area contributed by atoms with Crippen molar-refractivity contribution in [1.29, 1.82) is 5.26 Å². The number of carbonyl (C=O) groups excluding carboxylic acids is 1. The number of halogens is 2. The SMILES string of the molecule is CC1=C(C(=O)Nc2ccc(Cl)cc2)[C@H](c2ccccc2Cl)C(C#N)=C(N)O1. The van der Waals surface area contributed by atoms with E-state index < -0.39 is 11.8 Å². The Kier molecular flexibility index (Phi) is 5.41. The summed E-state index contributed by atoms with van der Waals surface area (Å²) < 4.78 is 5.46. The van der Waals surface area contributed by atoms with Gasteiger partial charge < -0.3 is 15.8 Å². The molecule has 5 nitrogen and oxygen atoms in total. The van der Waals surface area contributed by atoms with Crippen LogP contribution in [0.5, 0.6) is 0 Å². The number of nitrogens with zero attached hydrogens (tertiary/aromatic N) is 1. The van der Waals surface area contributed by atoms with Gasteiger partial charge >= 0.3 is 0 Å². The van der Waals surface area contributed by atoms with Crippen molar-refractivity contribution in [3.8, 4) is 6.07 Å². The molecule has 0 spiro atoms. The Morgan fingerprint density at radius 3 is 2.48 bits per heavy atom. The van der Waals surface area contributed by atoms with Crippen LogP contribution < -0.4 is 11.1 Å². The van der Waals surface area contributed by atoms with E-state index in [0.717, 1.165) is 0 Å². The van der Waals surface area contributed by atoms with E-state index in [1.54, 1.807) is 55.5 Å². The van der Waals surface area contributed by atoms with Crippen LogP contribution in [0.1, 0.15) is 18.4 Å². The molecule has 7 heteroatoms. The normalized spacial score (nSPS) is 16.6. The number of hydrogen-bond acceptors (Lipinski definition) is 4. The molecule has 1 aliphatic rings. The zero-order chi connectivity index (χ0) is 19.6. The first kappa shape index (κ1) is 18.8. The second-order valence-corrected chi connectivity index (χ2v) is 6.72. The van der Waals surface area contributed by atoms with E-state index in [1.807, 2.05) is 6.07 Å². The summed E-state index contributed by atoms with van der Waals surface area (Å²) in [6, 6.07) is 15.7. The van der Waals surface area contributed by atoms with Crippen molar-refractivity contribution in [2.24, 2.45) is 5.73 Å². The molecule has 1 heterocycles. The maximum atomic E-state index is 13.0. The van der Waals surface area contributed by atoms with Crippen LogP contribution in [0.2, 0.25) is 10.0 Å². The molecule has 2 aromatic carbocycles. The number of rotatable bonds is 3. The fourth-order valence-electron chi connectivity index (χ4n) is 2.93. The standard InChI is InChI=1S/C20H15Cl2N3O2/c1-11-17(20(26)25-13-8-6-12(21)7-9-13)18(15(10-23)19(24)27-11)14-4-2-3-5-16(14)22/h2-9,18H,24H2,1H3,(H,25,26)/t18-/m1/s1. The molecule has 0 bridgehead atoms. The molecular formula is C20H15Cl2N3O2. The van der Waals surface area contributed by atoms with E-state index in [4.69, 9.17) is 33.7 Å². The van der Waals surface area contributed by atoms with E-state index in [1.165, 1.54) is 0 Å². The van der Waals surface area contributed by atoms with Crippen LogP contribution in [0.15, 0.2) is 71.3 Å². The molecule has 0 fully saturated rings. The summed E-state index contributed by atoms with van der Waals surface area (Å²) in [5, 5.41) is 13.4. The Morgan fingerprint density at radius 2 is 1.85 bits per heavy atom. The highest BCUT2D eigenvalue weighted by molar-refractivity contribution is 6.31. The van der Waals surface area contributed by atoms with E-state index in [-0.39, 0.29) is 17.0 Å². The van der Waals surface area contributed by atoms with Gasteiger partial charge in [0.05, 0.1) is 11.5 Å². The Balaban J connectivity index is 2.06. The highest BCUT2D eigenvalue weighted by atomic mass is 35.5. The molecule has 1 aliphatic heterocycles. The van der Waals surface area contributed by atoms with Crippen LogP contribution in [-0.4, -0.2) is 5.91 Å². The summed E-state index contributed by atoms with van der Waals surface area (Å²) in [4.78, 5) is 13.0. The molecule has 0 radical (unpaired) electrons. The van der Waals surface area contributed by atoms with Crippen molar-refractivity contribution in [1.82, 2.24) is 0 Å². The number of hydrogen-bond donors (Lipinski definition) is 2. The number of ether oxygens (including phenoxy) is 1. The lowest BCUT2D eigenvalue weighted by molar-refractivity contribution is -0.113. The van der Waals surface area contributed by atoms with Gasteiger partial charge in [0.1, 0.15) is 17.4 Å². The summed E-state index contributed by atoms with van der Waals surface area (Å²) in [7, 11) is 0. The van der Waals surface area contributed by atoms with Gasteiger partial charge in [-0.3, -0.25) is 4.79 Å². The second-order valence-electron chi connectivity index (χ2n) is 5.88. The summed E-state index contributed by atoms with van der Waals surface area (Å²) in [6.07, 6.45) is 0. The third kappa shape index (κ3) is 3.77. The fourth-order valence-corrected chi connectivity index (χ4v) is 3.30. The zero-order valence-corrected chi connectivity index (χ0v) is 15.8. The number of benzene rings is 2. The van der Waals surface area contributed by atoms with Crippen LogP contribution in [0.4, 0.5) is 5.69 Å². The first-order valence-electron chi connectivity index (χ1n) is 8.02. The average Bonchev–Trinajstić information content (AvgIpc) is 2.63. The predicted molar refractivity (Wildman–Crippen MR) is 105 cm³/mol. The molecule has 0 saturated heterocycles. The van der Waals surface area contributed by atoms with Crippen LogP contribution in [0.25, 0.3) is 0 Å². The lowest BCUT2D eigenvalue weighted by atomic mass is 9.82. The molecule has 0 aliphatic carbocycles. The van der Waals surface area contributed by atoms with Gasteiger partial charge in [-0.2, -0.15) is 5.26 Å². The van der Waals surface area contributed by atoms with Crippen molar-refractivity contribution in [3.63, 3.8) is 0 Å². The molecule has 3 rings (SSSR count). The number of nitrogens with two attached hydrogens (primary N) is 1. The number of nitriles is 1. The van der Waals surface area contributed by atoms with Crippen LogP contribution in [0, 0.1) is 11.3 Å². The minimum Gasteiger partial charge on any atom is -0.445 e. The largest absolute Gasteiger partial charge is 0.445 e. The van der Waals surface area contributed by atoms with Gasteiger partial charge in [0.2, 0.25) is 5.88 Å². The lowest BCUT2D eigenvalue weighted by Gasteiger charge is -2.28. The van der Waals surface area contributed by atoms with Gasteiger partial charge in [-0.1, -0.05) is 41.4 Å². The topological polar surface area (TPSA) is 88.1 Å². The fraction of sp³-hybridized carbons (Fsp3) is 0.100. The molecule has 0 unspecified atom stereocenters. The molecule has 1 atom stereocenters. The highest BCUT2D eigenvalue weighted by Crippen LogP contribution is 2.41. The minimum atomic E-state index is -0.732. The van der Waals surface area contributed by atoms with Crippen molar-refractivity contribution in [2.45, 2.75) is 12.8 Å². The quantitative estimate of drug-likeness (QED) is 0.781. The predicted octanol–water partition coefficient (Wildman–Crippen LogP) is 4.71. The van der Waals surface area contributed by atoms with E-state index in [9.17, 15) is 10.1 Å². The molecule has 27 heavy (non-hydrogen) atoms. The number of amides is 1. The second kappa shape index (κ2) is 7.75. The van der Waals surface area contributed by atoms with Gasteiger partial charge in [0.15, 0.2) is 0 Å². The molecule has 3 N–H and O–H groups in total. The summed E-state index contributed by atoms with van der Waals surface area (Å²) in [5.41, 5.74) is 7.46. The van der Waals surface area contributed by atoms with Gasteiger partial charge in [-0.05, 0) is 42.8 Å². The van der Waals surface area contributed by atoms with E-state index >= 15 is 0 Å². The molecule has 2 aromatic rings. The number of nitrogens with one attached hydrogen (secondary N) is 1. The van der Waals surface area contributed by atoms with Crippen molar-refractivity contribution >= 4 is 34.8 Å². The summed E-state index contributed by atoms with van der Waals surface area (Å²) in [5.74, 6) is -0.879. The molecule has 1 amide bonds. The number of anilines is 1. The number of carbonyl (C=O) groups is 1. The summed E-state index contributed by atoms with van der Waals surface area (Å²) in [6.45, 7) is 1.63. The van der Waals surface area contributed by atoms with Gasteiger partial charge in [-0.25, -0.2) is 0 Å². The van der Waals surface area contributed by atoms with Crippen molar-refractivity contribution in [3.05, 3.63) is 86.9 Å². The molecule has 0 aromatic heterocycles. The van der Waals surface area contributed by atoms with E-state index in [2.05, 4.69) is 5.32 Å². The van der Waals surface area contributed by atoms with Crippen molar-refractivity contribution < 1.29 is 9.53 Å². The number of allylic oxidation sites excluding steroid dienone is 2. The first-order chi connectivity index (χ1) is 12.9. The monoisotopic (exact) mass is 399 g/mol. The van der Waals surface area contributed by atoms with E-state index in [0.29, 0.717) is 27.1 Å². The average molecular weight is 400 g/mol. The van der Waals surface area contributed by atoms with Crippen LogP contribution in [-0.2, 0) is 9.53 Å². The maximum Gasteiger partial charge on any atom is 0.255 e. The van der Waals surface area contributed by atoms with Crippen LogP contribution in [0.3, 0.4) is 0 Å². The smallest absolute Gasteiger partial charge is 0.255 e. The summed E-state index contributed by atoms with van der Waals surface area (Å²) >= 11 is 12.2.